The summed E-state index contributed by atoms with van der Waals surface area (Å²) >= 11 is 0. The average Bonchev–Trinajstić information content (AvgIpc) is 3.78. The van der Waals surface area contributed by atoms with Gasteiger partial charge in [0.2, 0.25) is 17.7 Å². The molecule has 3 amide bonds. The van der Waals surface area contributed by atoms with Crippen LogP contribution >= 0.6 is 54.0 Å². The predicted octanol–water partition coefficient (Wildman–Crippen LogP) is 7.85. The number of carbonyl (C=O) groups excluding carboxylic acids is 3. The number of ether oxygens (including phenoxy) is 1. The van der Waals surface area contributed by atoms with Crippen molar-refractivity contribution < 1.29 is 23.5 Å². The van der Waals surface area contributed by atoms with Crippen LogP contribution in [0.5, 0.6) is 0 Å². The first-order valence-electron chi connectivity index (χ1n) is 19.4. The number of methoxy groups -OCH3 is 1. The number of carbonyl (C=O) groups is 3. The van der Waals surface area contributed by atoms with E-state index in [2.05, 4.69) is 36.0 Å². The Bertz CT molecular complexity index is 2170. The van der Waals surface area contributed by atoms with Gasteiger partial charge in [0.1, 0.15) is 29.9 Å². The summed E-state index contributed by atoms with van der Waals surface area (Å²) in [5.74, 6) is 8.17. The van der Waals surface area contributed by atoms with Crippen molar-refractivity contribution in [3.05, 3.63) is 71.6 Å². The smallest absolute Gasteiger partial charge is 0.407 e. The molecule has 0 unspecified atom stereocenters. The first-order valence-corrected chi connectivity index (χ1v) is 19.4. The molecule has 58 heavy (non-hydrogen) atoms. The number of benzene rings is 2. The Morgan fingerprint density at radius 2 is 1.40 bits per heavy atom. The highest BCUT2D eigenvalue weighted by Crippen LogP contribution is 2.59. The van der Waals surface area contributed by atoms with Gasteiger partial charge in [-0.2, -0.15) is 54.0 Å². The molecule has 15 heteroatoms. The molecule has 2 saturated heterocycles. The van der Waals surface area contributed by atoms with E-state index in [1.807, 2.05) is 73.0 Å². The predicted molar refractivity (Wildman–Crippen MR) is 245 cm³/mol. The lowest BCUT2D eigenvalue weighted by atomic mass is 9.96. The van der Waals surface area contributed by atoms with Crippen molar-refractivity contribution in [1.29, 1.82) is 0 Å². The van der Waals surface area contributed by atoms with Crippen LogP contribution in [-0.4, -0.2) is 68.9 Å². The quantitative estimate of drug-likeness (QED) is 0.173. The molecule has 4 heterocycles. The van der Waals surface area contributed by atoms with Gasteiger partial charge < -0.3 is 29.3 Å². The van der Waals surface area contributed by atoms with Crippen molar-refractivity contribution in [2.75, 3.05) is 20.2 Å². The van der Waals surface area contributed by atoms with Crippen LogP contribution in [0.3, 0.4) is 0 Å². The van der Waals surface area contributed by atoms with Gasteiger partial charge in [0.05, 0.1) is 24.2 Å². The van der Waals surface area contributed by atoms with Crippen molar-refractivity contribution in [1.82, 2.24) is 30.1 Å². The number of H-pyrrole nitrogens is 1. The number of amides is 3. The fourth-order valence-corrected chi connectivity index (χ4v) is 8.25. The Balaban J connectivity index is 0.00000186. The van der Waals surface area contributed by atoms with Crippen LogP contribution in [0.2, 0.25) is 0 Å². The minimum atomic E-state index is -0.685. The Kier molecular flexibility index (Phi) is 14.8. The summed E-state index contributed by atoms with van der Waals surface area (Å²) in [7, 11) is 1.31. The number of imidazole rings is 1. The SMILES string of the molecule is COC(=O)N[C@H](C(=O)N1CC2(CC2)C[C@H]1c1nc2ccc(C#Cc3ccc(-c4coc([C@@H]5CC6(CC6)CN5C(=O)[C@@H](C)C(C)C)n4)cc3)cc2[nH]1)C(C)C.S.S.S.S. The molecule has 0 bridgehead atoms. The fraction of sp³-hybridized carbons (Fsp3) is 0.512. The van der Waals surface area contributed by atoms with Gasteiger partial charge in [0, 0.05) is 35.7 Å². The van der Waals surface area contributed by atoms with Gasteiger partial charge in [-0.3, -0.25) is 9.59 Å². The van der Waals surface area contributed by atoms with E-state index >= 15 is 0 Å². The first-order chi connectivity index (χ1) is 25.9. The molecule has 4 aliphatic rings. The number of rotatable bonds is 8. The van der Waals surface area contributed by atoms with E-state index in [9.17, 15) is 14.4 Å². The maximum atomic E-state index is 13.9. The number of oxazole rings is 1. The summed E-state index contributed by atoms with van der Waals surface area (Å²) < 4.78 is 10.8. The third-order valence-corrected chi connectivity index (χ3v) is 12.4. The normalized spacial score (nSPS) is 20.3. The highest BCUT2D eigenvalue weighted by atomic mass is 32.1. The molecule has 11 nitrogen and oxygen atoms in total. The molecule has 4 fully saturated rings. The maximum Gasteiger partial charge on any atom is 0.407 e. The Hall–Kier alpha value is -3.71. The Morgan fingerprint density at radius 1 is 0.810 bits per heavy atom. The van der Waals surface area contributed by atoms with Crippen molar-refractivity contribution in [3.63, 3.8) is 0 Å². The number of likely N-dealkylation sites (tertiary alicyclic amines) is 2. The highest BCUT2D eigenvalue weighted by molar-refractivity contribution is 7.59. The van der Waals surface area contributed by atoms with E-state index in [-0.39, 0.29) is 106 Å². The van der Waals surface area contributed by atoms with Gasteiger partial charge in [0.25, 0.3) is 0 Å². The molecular formula is C43H58N6O5S4. The molecule has 2 N–H and O–H groups in total. The number of hydrogen-bond acceptors (Lipinski definition) is 7. The number of aromatic amines is 1. The molecule has 2 aliphatic carbocycles. The van der Waals surface area contributed by atoms with E-state index in [4.69, 9.17) is 19.1 Å². The number of hydrogen-bond donors (Lipinski definition) is 2. The minimum Gasteiger partial charge on any atom is -0.453 e. The second-order valence-electron chi connectivity index (χ2n) is 17.0. The minimum absolute atomic E-state index is 0. The zero-order chi connectivity index (χ0) is 37.9. The number of fused-ring (bicyclic) bond motifs is 1. The number of nitrogens with one attached hydrogen (secondary N) is 2. The summed E-state index contributed by atoms with van der Waals surface area (Å²) in [4.78, 5) is 56.6. The number of alkyl carbamates (subject to hydrolysis) is 1. The van der Waals surface area contributed by atoms with Crippen molar-refractivity contribution in [2.45, 2.75) is 91.3 Å². The Labute approximate surface area is 369 Å². The van der Waals surface area contributed by atoms with Crippen LogP contribution in [0.15, 0.2) is 53.1 Å². The van der Waals surface area contributed by atoms with Gasteiger partial charge in [-0.05, 0) is 91.5 Å². The largest absolute Gasteiger partial charge is 0.453 e. The summed E-state index contributed by atoms with van der Waals surface area (Å²) in [6.45, 7) is 11.5. The summed E-state index contributed by atoms with van der Waals surface area (Å²) in [5.41, 5.74) is 5.43. The number of aromatic nitrogens is 3. The first kappa shape index (κ1) is 47.0. The zero-order valence-corrected chi connectivity index (χ0v) is 38.1. The lowest BCUT2D eigenvalue weighted by Gasteiger charge is -2.30. The van der Waals surface area contributed by atoms with Crippen LogP contribution in [0, 0.1) is 40.4 Å². The lowest BCUT2D eigenvalue weighted by Crippen LogP contribution is -2.51. The molecule has 0 radical (unpaired) electrons. The average molecular weight is 867 g/mol. The monoisotopic (exact) mass is 866 g/mol. The summed E-state index contributed by atoms with van der Waals surface area (Å²) in [6.07, 6.45) is 7.35. The van der Waals surface area contributed by atoms with Crippen LogP contribution in [0.25, 0.3) is 22.3 Å². The van der Waals surface area contributed by atoms with Crippen molar-refractivity contribution in [2.24, 2.45) is 28.6 Å². The van der Waals surface area contributed by atoms with E-state index in [0.717, 1.165) is 84.3 Å². The van der Waals surface area contributed by atoms with Crippen LogP contribution in [0.4, 0.5) is 4.79 Å². The third-order valence-electron chi connectivity index (χ3n) is 12.4. The van der Waals surface area contributed by atoms with Crippen molar-refractivity contribution in [3.8, 4) is 23.1 Å². The summed E-state index contributed by atoms with van der Waals surface area (Å²) in [5, 5.41) is 2.74. The number of nitrogens with zero attached hydrogens (tertiary/aromatic N) is 4. The molecule has 314 valence electrons. The molecule has 2 saturated carbocycles. The molecule has 2 spiro atoms. The molecule has 8 rings (SSSR count). The Morgan fingerprint density at radius 3 is 1.98 bits per heavy atom. The second-order valence-corrected chi connectivity index (χ2v) is 17.0. The molecular weight excluding hydrogens is 809 g/mol. The topological polar surface area (TPSA) is 134 Å². The van der Waals surface area contributed by atoms with E-state index in [1.54, 1.807) is 6.26 Å². The standard InChI is InChI=1S/C43H50N6O5.4H2S/c1-25(2)27(5)39(50)49-24-43(17-18-43)21-35(49)38-46-33(22-54-38)30-12-9-28(10-13-30)7-8-29-11-14-31-32(19-29)45-37(44-31)34-20-42(15-16-42)23-48(34)40(51)36(26(3)4)47-41(52)53-6;;;;/h9-14,19,22,25-27,34-36H,15-18,20-21,23-24H2,1-6H3,(H,44,45)(H,47,52);4*1H2/t27-,34-,35-,36-;;;;/m0..../s1. The van der Waals surface area contributed by atoms with E-state index < -0.39 is 12.1 Å². The zero-order valence-electron chi connectivity index (χ0n) is 34.1. The lowest BCUT2D eigenvalue weighted by molar-refractivity contribution is -0.138. The van der Waals surface area contributed by atoms with Crippen LogP contribution in [0.1, 0.15) is 108 Å². The van der Waals surface area contributed by atoms with Gasteiger partial charge in [-0.25, -0.2) is 14.8 Å². The molecule has 2 aliphatic heterocycles. The van der Waals surface area contributed by atoms with E-state index in [1.165, 1.54) is 7.11 Å². The van der Waals surface area contributed by atoms with Crippen molar-refractivity contribution >= 4 is 82.9 Å². The highest BCUT2D eigenvalue weighted by Gasteiger charge is 2.56. The fourth-order valence-electron chi connectivity index (χ4n) is 8.25. The molecule has 4 aromatic rings. The van der Waals surface area contributed by atoms with Crippen LogP contribution in [-0.2, 0) is 14.3 Å². The molecule has 2 aromatic heterocycles. The maximum absolute atomic E-state index is 13.9. The van der Waals surface area contributed by atoms with Gasteiger partial charge >= 0.3 is 6.09 Å². The van der Waals surface area contributed by atoms with E-state index in [0.29, 0.717) is 12.4 Å². The molecule has 4 atom stereocenters. The van der Waals surface area contributed by atoms with Gasteiger partial charge in [-0.15, -0.1) is 0 Å². The van der Waals surface area contributed by atoms with Crippen LogP contribution < -0.4 is 5.32 Å². The van der Waals surface area contributed by atoms with Gasteiger partial charge in [-0.1, -0.05) is 58.6 Å². The summed E-state index contributed by atoms with van der Waals surface area (Å²) in [6, 6.07) is 12.9. The second kappa shape index (κ2) is 18.3. The molecule has 2 aromatic carbocycles. The van der Waals surface area contributed by atoms with Gasteiger partial charge in [0.15, 0.2) is 0 Å². The third kappa shape index (κ3) is 9.35.